The number of H-pyrrole nitrogens is 2. The number of carbonyl (C=O) groups is 2. The highest BCUT2D eigenvalue weighted by molar-refractivity contribution is 7.80. The van der Waals surface area contributed by atoms with E-state index in [-0.39, 0.29) is 0 Å². The van der Waals surface area contributed by atoms with Crippen molar-refractivity contribution in [1.29, 1.82) is 0 Å². The Bertz CT molecular complexity index is 873. The van der Waals surface area contributed by atoms with Crippen molar-refractivity contribution in [3.05, 3.63) is 34.9 Å². The molecule has 0 saturated heterocycles. The maximum Gasteiger partial charge on any atom is 0.341 e. The van der Waals surface area contributed by atoms with Gasteiger partial charge in [0.2, 0.25) is 0 Å². The van der Waals surface area contributed by atoms with E-state index in [0.717, 1.165) is 24.2 Å². The average Bonchev–Trinajstić information content (AvgIpc) is 3.26. The molecule has 0 fully saturated rings. The van der Waals surface area contributed by atoms with Crippen LogP contribution in [0.2, 0.25) is 0 Å². The van der Waals surface area contributed by atoms with Crippen molar-refractivity contribution < 1.29 is 19.1 Å². The van der Waals surface area contributed by atoms with E-state index in [4.69, 9.17) is 33.9 Å². The van der Waals surface area contributed by atoms with Crippen molar-refractivity contribution in [3.8, 4) is 0 Å². The van der Waals surface area contributed by atoms with E-state index in [2.05, 4.69) is 20.6 Å². The highest BCUT2D eigenvalue weighted by Gasteiger charge is 2.18. The maximum absolute atomic E-state index is 11.9. The van der Waals surface area contributed by atoms with Gasteiger partial charge < -0.3 is 30.1 Å². The number of ether oxygens (including phenoxy) is 2. The van der Waals surface area contributed by atoms with E-state index in [9.17, 15) is 9.59 Å². The third-order valence-electron chi connectivity index (χ3n) is 4.54. The Morgan fingerprint density at radius 1 is 0.833 bits per heavy atom. The Balaban J connectivity index is 1.79. The average molecular weight is 451 g/mol. The first-order valence-electron chi connectivity index (χ1n) is 9.40. The molecule has 2 rings (SSSR count). The third-order valence-corrected chi connectivity index (χ3v) is 5.15. The summed E-state index contributed by atoms with van der Waals surface area (Å²) in [6.45, 7) is 3.60. The lowest BCUT2D eigenvalue weighted by molar-refractivity contribution is 0.0592. The van der Waals surface area contributed by atoms with Crippen LogP contribution in [0.25, 0.3) is 0 Å². The zero-order chi connectivity index (χ0) is 22.3. The molecular formula is C20H26N4O4S2. The maximum atomic E-state index is 11.9. The molecule has 0 aliphatic heterocycles. The van der Waals surface area contributed by atoms with Crippen LogP contribution in [0.5, 0.6) is 0 Å². The van der Waals surface area contributed by atoms with Crippen LogP contribution in [0.1, 0.15) is 57.8 Å². The summed E-state index contributed by atoms with van der Waals surface area (Å²) >= 11 is 10.8. The Morgan fingerprint density at radius 3 is 1.53 bits per heavy atom. The summed E-state index contributed by atoms with van der Waals surface area (Å²) in [6.07, 6.45) is 6.34. The zero-order valence-electron chi connectivity index (χ0n) is 17.4. The van der Waals surface area contributed by atoms with E-state index in [1.807, 2.05) is 0 Å². The van der Waals surface area contributed by atoms with Gasteiger partial charge in [-0.15, -0.1) is 0 Å². The first kappa shape index (κ1) is 23.6. The standard InChI is InChI=1S/C20H26N4O4S2/c1-11-17(19(25)27-3)13(9-21-11)23-15(29)7-5-6-8-16(30)24-14-10-22-12(2)18(14)20(26)28-4/h9-10,21-22H,5-8H2,1-4H3,(H,23,29)(H,24,30). The number of aromatic amines is 2. The number of methoxy groups -OCH3 is 2. The molecule has 2 aromatic heterocycles. The van der Waals surface area contributed by atoms with Gasteiger partial charge in [0.05, 0.1) is 35.6 Å². The molecule has 0 aromatic carbocycles. The van der Waals surface area contributed by atoms with Crippen LogP contribution >= 0.6 is 24.4 Å². The van der Waals surface area contributed by atoms with Crippen molar-refractivity contribution in [1.82, 2.24) is 9.97 Å². The predicted molar refractivity (Wildman–Crippen MR) is 125 cm³/mol. The van der Waals surface area contributed by atoms with Crippen LogP contribution in [-0.4, -0.2) is 46.1 Å². The molecule has 4 N–H and O–H groups in total. The van der Waals surface area contributed by atoms with E-state index in [1.54, 1.807) is 26.2 Å². The SMILES string of the molecule is COC(=O)c1c(NC(=S)CCCCC(=S)Nc2c[nH]c(C)c2C(=O)OC)c[nH]c1C. The Kier molecular flexibility index (Phi) is 8.55. The van der Waals surface area contributed by atoms with E-state index < -0.39 is 11.9 Å². The van der Waals surface area contributed by atoms with Crippen molar-refractivity contribution in [2.24, 2.45) is 0 Å². The molecular weight excluding hydrogens is 424 g/mol. The third kappa shape index (κ3) is 5.90. The first-order valence-corrected chi connectivity index (χ1v) is 10.2. The molecule has 0 aliphatic carbocycles. The summed E-state index contributed by atoms with van der Waals surface area (Å²) in [4.78, 5) is 31.0. The minimum atomic E-state index is -0.415. The van der Waals surface area contributed by atoms with Crippen molar-refractivity contribution >= 4 is 57.7 Å². The van der Waals surface area contributed by atoms with Gasteiger partial charge in [0.1, 0.15) is 11.1 Å². The fourth-order valence-electron chi connectivity index (χ4n) is 2.98. The molecule has 0 aliphatic rings. The van der Waals surface area contributed by atoms with Gasteiger partial charge in [0.25, 0.3) is 0 Å². The highest BCUT2D eigenvalue weighted by Crippen LogP contribution is 2.22. The second kappa shape index (κ2) is 10.9. The predicted octanol–water partition coefficient (Wildman–Crippen LogP) is 4.27. The topological polar surface area (TPSA) is 108 Å². The number of hydrogen-bond donors (Lipinski definition) is 4. The van der Waals surface area contributed by atoms with Crippen LogP contribution in [0.15, 0.2) is 12.4 Å². The summed E-state index contributed by atoms with van der Waals surface area (Å²) < 4.78 is 9.62. The van der Waals surface area contributed by atoms with Gasteiger partial charge in [-0.3, -0.25) is 0 Å². The molecule has 0 amide bonds. The Morgan fingerprint density at radius 2 is 1.20 bits per heavy atom. The van der Waals surface area contributed by atoms with Gasteiger partial charge in [0.15, 0.2) is 0 Å². The molecule has 0 atom stereocenters. The van der Waals surface area contributed by atoms with Gasteiger partial charge in [-0.2, -0.15) is 0 Å². The van der Waals surface area contributed by atoms with Gasteiger partial charge in [0, 0.05) is 23.8 Å². The number of thiocarbonyl (C=S) groups is 2. The lowest BCUT2D eigenvalue weighted by Crippen LogP contribution is -2.14. The fraction of sp³-hybridized carbons (Fsp3) is 0.400. The molecule has 0 radical (unpaired) electrons. The van der Waals surface area contributed by atoms with Gasteiger partial charge >= 0.3 is 11.9 Å². The van der Waals surface area contributed by atoms with E-state index in [1.165, 1.54) is 14.2 Å². The minimum absolute atomic E-state index is 0.415. The fourth-order valence-corrected chi connectivity index (χ4v) is 3.49. The first-order chi connectivity index (χ1) is 14.3. The monoisotopic (exact) mass is 450 g/mol. The molecule has 162 valence electrons. The minimum Gasteiger partial charge on any atom is -0.465 e. The smallest absolute Gasteiger partial charge is 0.341 e. The van der Waals surface area contributed by atoms with Crippen molar-refractivity contribution in [3.63, 3.8) is 0 Å². The van der Waals surface area contributed by atoms with Crippen LogP contribution in [-0.2, 0) is 9.47 Å². The highest BCUT2D eigenvalue weighted by atomic mass is 32.1. The van der Waals surface area contributed by atoms with Crippen molar-refractivity contribution in [2.45, 2.75) is 39.5 Å². The number of nitrogens with one attached hydrogen (secondary N) is 4. The largest absolute Gasteiger partial charge is 0.465 e. The lowest BCUT2D eigenvalue weighted by Gasteiger charge is -2.10. The Labute approximate surface area is 186 Å². The number of hydrogen-bond acceptors (Lipinski definition) is 6. The number of carbonyl (C=O) groups excluding carboxylic acids is 2. The second-order valence-corrected chi connectivity index (χ2v) is 7.68. The number of aromatic nitrogens is 2. The number of esters is 2. The molecule has 0 unspecified atom stereocenters. The summed E-state index contributed by atoms with van der Waals surface area (Å²) in [7, 11) is 2.69. The molecule has 8 nitrogen and oxygen atoms in total. The van der Waals surface area contributed by atoms with Crippen LogP contribution in [0, 0.1) is 13.8 Å². The molecule has 10 heteroatoms. The van der Waals surface area contributed by atoms with Gasteiger partial charge in [-0.1, -0.05) is 24.4 Å². The molecule has 0 saturated carbocycles. The lowest BCUT2D eigenvalue weighted by atomic mass is 10.1. The molecule has 0 spiro atoms. The number of rotatable bonds is 9. The van der Waals surface area contributed by atoms with Gasteiger partial charge in [-0.25, -0.2) is 9.59 Å². The summed E-state index contributed by atoms with van der Waals surface area (Å²) in [5, 5.41) is 6.20. The van der Waals surface area contributed by atoms with Crippen LogP contribution in [0.4, 0.5) is 11.4 Å². The summed E-state index contributed by atoms with van der Waals surface area (Å²) in [5.74, 6) is -0.830. The number of unbranched alkanes of at least 4 members (excludes halogenated alkanes) is 1. The van der Waals surface area contributed by atoms with E-state index in [0.29, 0.717) is 45.3 Å². The normalized spacial score (nSPS) is 10.4. The molecule has 2 aromatic rings. The molecule has 0 bridgehead atoms. The quantitative estimate of drug-likeness (QED) is 0.255. The second-order valence-electron chi connectivity index (χ2n) is 6.69. The van der Waals surface area contributed by atoms with Gasteiger partial charge in [-0.05, 0) is 39.5 Å². The summed E-state index contributed by atoms with van der Waals surface area (Å²) in [6, 6.07) is 0. The Hall–Kier alpha value is -2.72. The summed E-state index contributed by atoms with van der Waals surface area (Å²) in [5.41, 5.74) is 3.56. The van der Waals surface area contributed by atoms with E-state index >= 15 is 0 Å². The molecule has 30 heavy (non-hydrogen) atoms. The van der Waals surface area contributed by atoms with Crippen molar-refractivity contribution in [2.75, 3.05) is 24.9 Å². The number of anilines is 2. The zero-order valence-corrected chi connectivity index (χ0v) is 19.1. The molecule has 2 heterocycles. The van der Waals surface area contributed by atoms with Crippen LogP contribution in [0.3, 0.4) is 0 Å². The number of aryl methyl sites for hydroxylation is 2. The van der Waals surface area contributed by atoms with Crippen LogP contribution < -0.4 is 10.6 Å².